The van der Waals surface area contributed by atoms with Gasteiger partial charge < -0.3 is 21.1 Å². The molecule has 6 heteroatoms. The fourth-order valence-electron chi connectivity index (χ4n) is 1.23. The van der Waals surface area contributed by atoms with Crippen LogP contribution in [0.25, 0.3) is 0 Å². The van der Waals surface area contributed by atoms with Gasteiger partial charge in [0.15, 0.2) is 0 Å². The molecule has 1 aromatic heterocycles. The van der Waals surface area contributed by atoms with E-state index in [1.165, 1.54) is 12.1 Å². The molecule has 0 saturated heterocycles. The second kappa shape index (κ2) is 4.81. The van der Waals surface area contributed by atoms with Gasteiger partial charge >= 0.3 is 0 Å². The van der Waals surface area contributed by atoms with Crippen LogP contribution in [0.2, 0.25) is 0 Å². The SMILES string of the molecule is NCCC[C@H](O)C(=O)n1c(O)ccc1O. The van der Waals surface area contributed by atoms with Gasteiger partial charge in [0.05, 0.1) is 0 Å². The summed E-state index contributed by atoms with van der Waals surface area (Å²) >= 11 is 0. The summed E-state index contributed by atoms with van der Waals surface area (Å²) in [7, 11) is 0. The number of carbonyl (C=O) groups excluding carboxylic acids is 1. The van der Waals surface area contributed by atoms with Crippen LogP contribution in [0, 0.1) is 0 Å². The molecule has 0 unspecified atom stereocenters. The van der Waals surface area contributed by atoms with Crippen molar-refractivity contribution in [3.63, 3.8) is 0 Å². The van der Waals surface area contributed by atoms with E-state index in [4.69, 9.17) is 5.73 Å². The molecule has 0 amide bonds. The van der Waals surface area contributed by atoms with E-state index >= 15 is 0 Å². The zero-order valence-corrected chi connectivity index (χ0v) is 8.13. The van der Waals surface area contributed by atoms with Crippen molar-refractivity contribution in [2.24, 2.45) is 5.73 Å². The molecule has 15 heavy (non-hydrogen) atoms. The van der Waals surface area contributed by atoms with Crippen molar-refractivity contribution in [2.75, 3.05) is 6.54 Å². The van der Waals surface area contributed by atoms with Crippen LogP contribution in [0.1, 0.15) is 17.6 Å². The average molecular weight is 214 g/mol. The lowest BCUT2D eigenvalue weighted by Gasteiger charge is -2.10. The van der Waals surface area contributed by atoms with Crippen molar-refractivity contribution in [3.05, 3.63) is 12.1 Å². The number of aliphatic hydroxyl groups excluding tert-OH is 1. The van der Waals surface area contributed by atoms with E-state index in [0.29, 0.717) is 17.5 Å². The summed E-state index contributed by atoms with van der Waals surface area (Å²) in [5.74, 6) is -1.56. The Morgan fingerprint density at radius 1 is 1.40 bits per heavy atom. The van der Waals surface area contributed by atoms with Gasteiger partial charge in [0.1, 0.15) is 6.10 Å². The molecule has 1 atom stereocenters. The van der Waals surface area contributed by atoms with Crippen molar-refractivity contribution in [1.82, 2.24) is 4.57 Å². The minimum atomic E-state index is -1.27. The molecule has 0 aliphatic heterocycles. The highest BCUT2D eigenvalue weighted by molar-refractivity contribution is 5.86. The zero-order chi connectivity index (χ0) is 11.4. The topological polar surface area (TPSA) is 109 Å². The van der Waals surface area contributed by atoms with Crippen LogP contribution in [0.3, 0.4) is 0 Å². The van der Waals surface area contributed by atoms with E-state index in [2.05, 4.69) is 0 Å². The molecule has 5 N–H and O–H groups in total. The third kappa shape index (κ3) is 2.48. The lowest BCUT2D eigenvalue weighted by Crippen LogP contribution is -2.26. The van der Waals surface area contributed by atoms with Gasteiger partial charge in [0, 0.05) is 12.1 Å². The Bertz CT molecular complexity index is 328. The number of aliphatic hydroxyl groups is 1. The molecule has 0 bridgehead atoms. The maximum Gasteiger partial charge on any atom is 0.265 e. The lowest BCUT2D eigenvalue weighted by atomic mass is 10.2. The summed E-state index contributed by atoms with van der Waals surface area (Å²) < 4.78 is 0.654. The molecule has 0 radical (unpaired) electrons. The van der Waals surface area contributed by atoms with Crippen LogP contribution in [0.15, 0.2) is 12.1 Å². The molecule has 6 nitrogen and oxygen atoms in total. The van der Waals surface area contributed by atoms with E-state index in [1.807, 2.05) is 0 Å². The molecular weight excluding hydrogens is 200 g/mol. The van der Waals surface area contributed by atoms with Gasteiger partial charge in [-0.2, -0.15) is 0 Å². The number of nitrogens with two attached hydrogens (primary N) is 1. The Morgan fingerprint density at radius 3 is 2.40 bits per heavy atom. The summed E-state index contributed by atoms with van der Waals surface area (Å²) in [6.07, 6.45) is -0.569. The van der Waals surface area contributed by atoms with Gasteiger partial charge in [-0.1, -0.05) is 0 Å². The minimum Gasteiger partial charge on any atom is -0.494 e. The van der Waals surface area contributed by atoms with Gasteiger partial charge in [0.2, 0.25) is 11.8 Å². The Kier molecular flexibility index (Phi) is 3.70. The highest BCUT2D eigenvalue weighted by atomic mass is 16.3. The summed E-state index contributed by atoms with van der Waals surface area (Å²) in [6.45, 7) is 0.369. The fraction of sp³-hybridized carbons (Fsp3) is 0.444. The van der Waals surface area contributed by atoms with Crippen molar-refractivity contribution in [2.45, 2.75) is 18.9 Å². The normalized spacial score (nSPS) is 12.7. The van der Waals surface area contributed by atoms with Crippen molar-refractivity contribution in [3.8, 4) is 11.8 Å². The first kappa shape index (κ1) is 11.5. The van der Waals surface area contributed by atoms with Crippen molar-refractivity contribution >= 4 is 5.91 Å². The highest BCUT2D eigenvalue weighted by Gasteiger charge is 2.21. The van der Waals surface area contributed by atoms with E-state index in [9.17, 15) is 20.1 Å². The zero-order valence-electron chi connectivity index (χ0n) is 8.13. The average Bonchev–Trinajstić information content (AvgIpc) is 2.54. The predicted molar refractivity (Wildman–Crippen MR) is 52.7 cm³/mol. The first-order valence-corrected chi connectivity index (χ1v) is 4.60. The maximum atomic E-state index is 11.5. The first-order chi connectivity index (χ1) is 7.07. The van der Waals surface area contributed by atoms with Crippen LogP contribution in [-0.2, 0) is 0 Å². The quantitative estimate of drug-likeness (QED) is 0.547. The number of hydrogen-bond donors (Lipinski definition) is 4. The summed E-state index contributed by atoms with van der Waals surface area (Å²) in [5.41, 5.74) is 5.23. The van der Waals surface area contributed by atoms with E-state index in [0.717, 1.165) is 0 Å². The molecular formula is C9H14N2O4. The van der Waals surface area contributed by atoms with Gasteiger partial charge in [0.25, 0.3) is 5.91 Å². The second-order valence-electron chi connectivity index (χ2n) is 3.17. The van der Waals surface area contributed by atoms with Crippen LogP contribution in [0.5, 0.6) is 11.8 Å². The summed E-state index contributed by atoms with van der Waals surface area (Å²) in [5, 5.41) is 27.9. The first-order valence-electron chi connectivity index (χ1n) is 4.60. The minimum absolute atomic E-state index is 0.201. The number of hydrogen-bond acceptors (Lipinski definition) is 5. The smallest absolute Gasteiger partial charge is 0.265 e. The highest BCUT2D eigenvalue weighted by Crippen LogP contribution is 2.21. The molecule has 0 saturated carbocycles. The molecule has 0 fully saturated rings. The number of aromatic hydroxyl groups is 2. The molecule has 0 aromatic carbocycles. The number of carbonyl (C=O) groups is 1. The van der Waals surface area contributed by atoms with Gasteiger partial charge in [-0.15, -0.1) is 0 Å². The van der Waals surface area contributed by atoms with Crippen molar-refractivity contribution < 1.29 is 20.1 Å². The Morgan fingerprint density at radius 2 is 1.93 bits per heavy atom. The van der Waals surface area contributed by atoms with Crippen LogP contribution in [0.4, 0.5) is 0 Å². The van der Waals surface area contributed by atoms with Crippen molar-refractivity contribution in [1.29, 1.82) is 0 Å². The van der Waals surface area contributed by atoms with Gasteiger partial charge in [-0.05, 0) is 19.4 Å². The largest absolute Gasteiger partial charge is 0.494 e. The Hall–Kier alpha value is -1.53. The van der Waals surface area contributed by atoms with Crippen LogP contribution in [-0.4, -0.2) is 38.4 Å². The fourth-order valence-corrected chi connectivity index (χ4v) is 1.23. The number of aromatic nitrogens is 1. The van der Waals surface area contributed by atoms with Gasteiger partial charge in [-0.25, -0.2) is 4.57 Å². The number of rotatable bonds is 4. The standard InChI is InChI=1S/C9H14N2O4/c10-5-1-2-6(12)9(15)11-7(13)3-4-8(11)14/h3-4,6,12-14H,1-2,5,10H2/t6-/m0/s1. The van der Waals surface area contributed by atoms with E-state index < -0.39 is 23.8 Å². The summed E-state index contributed by atoms with van der Waals surface area (Å²) in [4.78, 5) is 11.5. The monoisotopic (exact) mass is 214 g/mol. The van der Waals surface area contributed by atoms with Crippen LogP contribution >= 0.6 is 0 Å². The lowest BCUT2D eigenvalue weighted by molar-refractivity contribution is 0.0615. The third-order valence-electron chi connectivity index (χ3n) is 2.03. The molecule has 1 rings (SSSR count). The van der Waals surface area contributed by atoms with E-state index in [-0.39, 0.29) is 6.42 Å². The number of nitrogens with zero attached hydrogens (tertiary/aromatic N) is 1. The molecule has 0 aliphatic carbocycles. The molecule has 84 valence electrons. The molecule has 1 aromatic rings. The molecule has 0 aliphatic rings. The van der Waals surface area contributed by atoms with E-state index in [1.54, 1.807) is 0 Å². The summed E-state index contributed by atoms with van der Waals surface area (Å²) in [6, 6.07) is 2.34. The Balaban J connectivity index is 2.76. The third-order valence-corrected chi connectivity index (χ3v) is 2.03. The maximum absolute atomic E-state index is 11.5. The Labute approximate surface area is 86.6 Å². The molecule has 1 heterocycles. The van der Waals surface area contributed by atoms with Gasteiger partial charge in [-0.3, -0.25) is 4.79 Å². The second-order valence-corrected chi connectivity index (χ2v) is 3.17. The van der Waals surface area contributed by atoms with Crippen LogP contribution < -0.4 is 5.73 Å². The molecule has 0 spiro atoms. The predicted octanol–water partition coefficient (Wildman–Crippen LogP) is -0.361.